The molecule has 124 valence electrons. The van der Waals surface area contributed by atoms with Gasteiger partial charge in [-0.25, -0.2) is 4.98 Å². The Labute approximate surface area is 136 Å². The molecule has 2 heterocycles. The lowest BCUT2D eigenvalue weighted by Gasteiger charge is -2.17. The summed E-state index contributed by atoms with van der Waals surface area (Å²) in [6.45, 7) is 3.23. The van der Waals surface area contributed by atoms with E-state index in [0.29, 0.717) is 22.3 Å². The number of rotatable bonds is 6. The minimum atomic E-state index is -0.405. The van der Waals surface area contributed by atoms with Crippen LogP contribution in [0.5, 0.6) is 0 Å². The second-order valence-corrected chi connectivity index (χ2v) is 5.40. The number of carbonyl (C=O) groups is 2. The zero-order valence-corrected chi connectivity index (χ0v) is 13.6. The number of aromatic nitrogens is 4. The molecule has 0 radical (unpaired) electrons. The molecule has 0 saturated carbocycles. The van der Waals surface area contributed by atoms with Crippen LogP contribution in [-0.4, -0.2) is 44.7 Å². The van der Waals surface area contributed by atoms with E-state index in [4.69, 9.17) is 27.4 Å². The van der Waals surface area contributed by atoms with Gasteiger partial charge in [0.25, 0.3) is 0 Å². The minimum absolute atomic E-state index is 0.109. The van der Waals surface area contributed by atoms with E-state index in [1.54, 1.807) is 10.9 Å². The molecule has 0 fully saturated rings. The number of esters is 2. The Bertz CT molecular complexity index is 766. The number of imidazole rings is 1. The third kappa shape index (κ3) is 4.49. The van der Waals surface area contributed by atoms with E-state index in [2.05, 4.69) is 15.0 Å². The van der Waals surface area contributed by atoms with Gasteiger partial charge in [-0.3, -0.25) is 9.59 Å². The van der Waals surface area contributed by atoms with Gasteiger partial charge < -0.3 is 24.8 Å². The summed E-state index contributed by atoms with van der Waals surface area (Å²) in [5, 5.41) is 0. The summed E-state index contributed by atoms with van der Waals surface area (Å²) in [5.41, 5.74) is 6.70. The molecule has 0 saturated heterocycles. The number of carbonyl (C=O) groups excluding carboxylic acids is 2. The molecule has 0 unspecified atom stereocenters. The molecule has 23 heavy (non-hydrogen) atoms. The maximum atomic E-state index is 11.0. The first-order valence-corrected chi connectivity index (χ1v) is 7.25. The molecule has 2 rings (SSSR count). The van der Waals surface area contributed by atoms with E-state index >= 15 is 0 Å². The van der Waals surface area contributed by atoms with E-state index in [0.717, 1.165) is 0 Å². The number of nitrogens with one attached hydrogen (secondary N) is 1. The van der Waals surface area contributed by atoms with Crippen LogP contribution in [0.1, 0.15) is 13.8 Å². The van der Waals surface area contributed by atoms with Gasteiger partial charge in [0.1, 0.15) is 10.2 Å². The molecule has 3 N–H and O–H groups in total. The number of ether oxygens (including phenoxy) is 2. The van der Waals surface area contributed by atoms with Crippen LogP contribution in [0.15, 0.2) is 6.33 Å². The Hall–Kier alpha value is -2.49. The zero-order valence-electron chi connectivity index (χ0n) is 12.7. The first kappa shape index (κ1) is 16.9. The predicted octanol–water partition coefficient (Wildman–Crippen LogP) is 0.813. The highest BCUT2D eigenvalue weighted by atomic mass is 32.1. The van der Waals surface area contributed by atoms with Crippen LogP contribution in [0, 0.1) is 10.6 Å². The van der Waals surface area contributed by atoms with E-state index in [1.165, 1.54) is 13.8 Å². The third-order valence-electron chi connectivity index (χ3n) is 2.99. The van der Waals surface area contributed by atoms with Crippen LogP contribution in [0.2, 0.25) is 0 Å². The predicted molar refractivity (Wildman–Crippen MR) is 83.9 cm³/mol. The van der Waals surface area contributed by atoms with Gasteiger partial charge in [0, 0.05) is 26.3 Å². The fraction of sp³-hybridized carbons (Fsp3) is 0.462. The van der Waals surface area contributed by atoms with Crippen molar-refractivity contribution in [1.82, 2.24) is 19.5 Å². The molecule has 10 heteroatoms. The van der Waals surface area contributed by atoms with Crippen molar-refractivity contribution in [2.75, 3.05) is 18.9 Å². The fourth-order valence-corrected chi connectivity index (χ4v) is 2.26. The monoisotopic (exact) mass is 339 g/mol. The summed E-state index contributed by atoms with van der Waals surface area (Å²) >= 11 is 5.15. The van der Waals surface area contributed by atoms with Crippen LogP contribution >= 0.6 is 12.2 Å². The number of nitrogens with zero attached hydrogens (tertiary/aromatic N) is 3. The molecule has 2 aromatic heterocycles. The van der Waals surface area contributed by atoms with Crippen molar-refractivity contribution in [3.8, 4) is 0 Å². The van der Waals surface area contributed by atoms with Crippen LogP contribution < -0.4 is 5.73 Å². The number of nitrogens with two attached hydrogens (primary N) is 1. The maximum absolute atomic E-state index is 11.0. The molecule has 0 bridgehead atoms. The Morgan fingerprint density at radius 2 is 1.96 bits per heavy atom. The minimum Gasteiger partial charge on any atom is -0.465 e. The summed E-state index contributed by atoms with van der Waals surface area (Å²) in [5.74, 6) is -0.877. The van der Waals surface area contributed by atoms with Crippen molar-refractivity contribution in [3.05, 3.63) is 11.0 Å². The fourth-order valence-electron chi connectivity index (χ4n) is 2.01. The van der Waals surface area contributed by atoms with Crippen molar-refractivity contribution in [2.24, 2.45) is 5.92 Å². The van der Waals surface area contributed by atoms with Gasteiger partial charge in [0.2, 0.25) is 5.95 Å². The molecule has 0 amide bonds. The number of anilines is 1. The maximum Gasteiger partial charge on any atom is 0.302 e. The summed E-state index contributed by atoms with van der Waals surface area (Å²) in [6, 6.07) is 0. The van der Waals surface area contributed by atoms with Crippen LogP contribution in [0.25, 0.3) is 11.2 Å². The first-order chi connectivity index (χ1) is 10.9. The molecule has 0 aliphatic rings. The summed E-state index contributed by atoms with van der Waals surface area (Å²) in [6.07, 6.45) is 1.56. The van der Waals surface area contributed by atoms with Gasteiger partial charge in [-0.2, -0.15) is 4.98 Å². The number of fused-ring (bicyclic) bond motifs is 1. The highest BCUT2D eigenvalue weighted by Gasteiger charge is 2.16. The topological polar surface area (TPSA) is 125 Å². The molecule has 9 nitrogen and oxygen atoms in total. The van der Waals surface area contributed by atoms with Gasteiger partial charge >= 0.3 is 11.9 Å². The molecule has 0 spiro atoms. The Kier molecular flexibility index (Phi) is 5.27. The van der Waals surface area contributed by atoms with Crippen LogP contribution in [0.4, 0.5) is 5.95 Å². The van der Waals surface area contributed by atoms with Gasteiger partial charge in [0.15, 0.2) is 5.65 Å². The number of hydrogen-bond acceptors (Lipinski definition) is 8. The Morgan fingerprint density at radius 1 is 1.35 bits per heavy atom. The Balaban J connectivity index is 2.22. The van der Waals surface area contributed by atoms with Gasteiger partial charge in [-0.05, 0) is 0 Å². The average molecular weight is 339 g/mol. The number of nitrogen functional groups attached to an aromatic ring is 1. The smallest absolute Gasteiger partial charge is 0.302 e. The molecular weight excluding hydrogens is 322 g/mol. The van der Waals surface area contributed by atoms with E-state index < -0.39 is 11.9 Å². The molecule has 0 aliphatic heterocycles. The zero-order chi connectivity index (χ0) is 17.0. The van der Waals surface area contributed by atoms with E-state index in [-0.39, 0.29) is 25.1 Å². The molecular formula is C13H17N5O4S. The quantitative estimate of drug-likeness (QED) is 0.585. The summed E-state index contributed by atoms with van der Waals surface area (Å²) in [4.78, 5) is 33.1. The van der Waals surface area contributed by atoms with Crippen molar-refractivity contribution in [2.45, 2.75) is 20.4 Å². The molecule has 0 atom stereocenters. The lowest BCUT2D eigenvalue weighted by atomic mass is 10.2. The first-order valence-electron chi connectivity index (χ1n) is 6.84. The normalized spacial score (nSPS) is 10.9. The Morgan fingerprint density at radius 3 is 2.52 bits per heavy atom. The van der Waals surface area contributed by atoms with Crippen LogP contribution in [0.3, 0.4) is 0 Å². The van der Waals surface area contributed by atoms with E-state index in [1.807, 2.05) is 0 Å². The van der Waals surface area contributed by atoms with Gasteiger partial charge in [-0.1, -0.05) is 12.2 Å². The second-order valence-electron chi connectivity index (χ2n) is 4.99. The van der Waals surface area contributed by atoms with Crippen molar-refractivity contribution >= 4 is 41.3 Å². The largest absolute Gasteiger partial charge is 0.465 e. The summed E-state index contributed by atoms with van der Waals surface area (Å²) < 4.78 is 12.1. The second kappa shape index (κ2) is 7.18. The standard InChI is InChI=1S/C13H17N5O4S/c1-7(19)21-4-9(5-22-8(2)20)3-18-6-15-10-11(18)16-13(14)17-12(10)23/h6,9H,3-5H2,1-2H3,(H3,14,16,17,23). The van der Waals surface area contributed by atoms with Crippen molar-refractivity contribution in [3.63, 3.8) is 0 Å². The van der Waals surface area contributed by atoms with Crippen molar-refractivity contribution < 1.29 is 19.1 Å². The van der Waals surface area contributed by atoms with Crippen LogP contribution in [-0.2, 0) is 25.6 Å². The highest BCUT2D eigenvalue weighted by Crippen LogP contribution is 2.14. The lowest BCUT2D eigenvalue weighted by molar-refractivity contribution is -0.146. The molecule has 0 aromatic carbocycles. The van der Waals surface area contributed by atoms with Crippen molar-refractivity contribution in [1.29, 1.82) is 0 Å². The van der Waals surface area contributed by atoms with Gasteiger partial charge in [0.05, 0.1) is 19.5 Å². The molecule has 0 aliphatic carbocycles. The van der Waals surface area contributed by atoms with Gasteiger partial charge in [-0.15, -0.1) is 0 Å². The average Bonchev–Trinajstić information content (AvgIpc) is 2.84. The SMILES string of the molecule is CC(=O)OCC(COC(C)=O)Cn1cnc2c(=S)[nH]c(N)nc21. The summed E-state index contributed by atoms with van der Waals surface area (Å²) in [7, 11) is 0. The number of H-pyrrole nitrogens is 1. The number of aromatic amines is 1. The number of hydrogen-bond donors (Lipinski definition) is 2. The van der Waals surface area contributed by atoms with E-state index in [9.17, 15) is 9.59 Å². The highest BCUT2D eigenvalue weighted by molar-refractivity contribution is 7.71. The third-order valence-corrected chi connectivity index (χ3v) is 3.29. The molecule has 2 aromatic rings. The lowest BCUT2D eigenvalue weighted by Crippen LogP contribution is -2.24.